The van der Waals surface area contributed by atoms with E-state index in [1.54, 1.807) is 0 Å². The molecule has 1 aromatic heterocycles. The number of hydrogen-bond acceptors (Lipinski definition) is 3. The first-order valence-electron chi connectivity index (χ1n) is 6.93. The average molecular weight is 258 g/mol. The van der Waals surface area contributed by atoms with Gasteiger partial charge in [-0.25, -0.2) is 4.98 Å². The van der Waals surface area contributed by atoms with Gasteiger partial charge >= 0.3 is 0 Å². The van der Waals surface area contributed by atoms with E-state index >= 15 is 0 Å². The summed E-state index contributed by atoms with van der Waals surface area (Å²) >= 11 is 0. The molecule has 1 aromatic carbocycles. The van der Waals surface area contributed by atoms with Crippen LogP contribution in [0.4, 0.5) is 5.82 Å². The van der Waals surface area contributed by atoms with Crippen molar-refractivity contribution in [3.8, 4) is 0 Å². The molecule has 0 atom stereocenters. The molecule has 0 bridgehead atoms. The van der Waals surface area contributed by atoms with Crippen LogP contribution in [0.15, 0.2) is 36.5 Å². The molecule has 1 N–H and O–H groups in total. The van der Waals surface area contributed by atoms with Crippen molar-refractivity contribution in [2.45, 2.75) is 20.3 Å². The van der Waals surface area contributed by atoms with Crippen LogP contribution in [0.3, 0.4) is 0 Å². The quantitative estimate of drug-likeness (QED) is 0.769. The highest BCUT2D eigenvalue weighted by Gasteiger charge is 2.00. The minimum atomic E-state index is 0.702. The number of nitrogens with one attached hydrogen (secondary N) is 1. The highest BCUT2D eigenvalue weighted by molar-refractivity contribution is 5.91. The van der Waals surface area contributed by atoms with Gasteiger partial charge in [0.15, 0.2) is 0 Å². The van der Waals surface area contributed by atoms with Crippen molar-refractivity contribution < 1.29 is 4.74 Å². The first-order chi connectivity index (χ1) is 9.27. The molecule has 1 heterocycles. The number of anilines is 1. The van der Waals surface area contributed by atoms with Crippen LogP contribution in [0.25, 0.3) is 10.8 Å². The van der Waals surface area contributed by atoms with Crippen molar-refractivity contribution in [3.63, 3.8) is 0 Å². The van der Waals surface area contributed by atoms with E-state index in [2.05, 4.69) is 36.3 Å². The van der Waals surface area contributed by atoms with Gasteiger partial charge in [0.1, 0.15) is 5.82 Å². The summed E-state index contributed by atoms with van der Waals surface area (Å²) < 4.78 is 5.59. The number of nitrogens with zero attached hydrogens (tertiary/aromatic N) is 1. The lowest BCUT2D eigenvalue weighted by atomic mass is 10.1. The van der Waals surface area contributed by atoms with Crippen molar-refractivity contribution in [2.24, 2.45) is 5.92 Å². The smallest absolute Gasteiger partial charge is 0.133 e. The maximum Gasteiger partial charge on any atom is 0.133 e. The summed E-state index contributed by atoms with van der Waals surface area (Å²) in [6, 6.07) is 10.3. The van der Waals surface area contributed by atoms with E-state index < -0.39 is 0 Å². The summed E-state index contributed by atoms with van der Waals surface area (Å²) in [5, 5.41) is 5.71. The van der Waals surface area contributed by atoms with Crippen LogP contribution in [0.2, 0.25) is 0 Å². The minimum Gasteiger partial charge on any atom is -0.380 e. The molecule has 0 saturated heterocycles. The van der Waals surface area contributed by atoms with Gasteiger partial charge in [-0.1, -0.05) is 38.1 Å². The van der Waals surface area contributed by atoms with Crippen LogP contribution in [0.5, 0.6) is 0 Å². The molecule has 0 aliphatic carbocycles. The van der Waals surface area contributed by atoms with Crippen LogP contribution in [0.1, 0.15) is 20.3 Å². The van der Waals surface area contributed by atoms with Gasteiger partial charge < -0.3 is 10.1 Å². The molecule has 0 saturated carbocycles. The van der Waals surface area contributed by atoms with E-state index in [9.17, 15) is 0 Å². The zero-order valence-electron chi connectivity index (χ0n) is 11.7. The lowest BCUT2D eigenvalue weighted by Crippen LogP contribution is -2.11. The first-order valence-corrected chi connectivity index (χ1v) is 6.93. The molecule has 0 radical (unpaired) electrons. The molecule has 0 amide bonds. The first kappa shape index (κ1) is 13.8. The lowest BCUT2D eigenvalue weighted by molar-refractivity contribution is 0.132. The third-order valence-corrected chi connectivity index (χ3v) is 3.05. The van der Waals surface area contributed by atoms with Gasteiger partial charge in [-0.2, -0.15) is 0 Å². The molecule has 0 spiro atoms. The second-order valence-corrected chi connectivity index (χ2v) is 5.10. The van der Waals surface area contributed by atoms with Crippen LogP contribution in [-0.2, 0) is 4.74 Å². The van der Waals surface area contributed by atoms with Gasteiger partial charge in [0, 0.05) is 24.7 Å². The number of ether oxygens (including phenoxy) is 1. The van der Waals surface area contributed by atoms with Crippen molar-refractivity contribution >= 4 is 16.6 Å². The van der Waals surface area contributed by atoms with Crippen molar-refractivity contribution in [1.29, 1.82) is 0 Å². The second-order valence-electron chi connectivity index (χ2n) is 5.10. The number of aromatic nitrogens is 1. The zero-order chi connectivity index (χ0) is 13.5. The van der Waals surface area contributed by atoms with Crippen LogP contribution in [0, 0.1) is 5.92 Å². The van der Waals surface area contributed by atoms with E-state index in [0.717, 1.165) is 37.4 Å². The fraction of sp³-hybridized carbons (Fsp3) is 0.438. The standard InChI is InChI=1S/C16H22N2O/c1-13(2)8-11-19-12-10-18-16-15-6-4-3-5-14(15)7-9-17-16/h3-7,9,13H,8,10-12H2,1-2H3,(H,17,18). The lowest BCUT2D eigenvalue weighted by Gasteiger charge is -2.09. The topological polar surface area (TPSA) is 34.1 Å². The third kappa shape index (κ3) is 4.21. The predicted molar refractivity (Wildman–Crippen MR) is 80.5 cm³/mol. The number of fused-ring (bicyclic) bond motifs is 1. The minimum absolute atomic E-state index is 0.702. The van der Waals surface area contributed by atoms with Gasteiger partial charge in [0.05, 0.1) is 6.61 Å². The van der Waals surface area contributed by atoms with Crippen LogP contribution in [-0.4, -0.2) is 24.7 Å². The highest BCUT2D eigenvalue weighted by atomic mass is 16.5. The Balaban J connectivity index is 1.82. The maximum absolute atomic E-state index is 5.59. The van der Waals surface area contributed by atoms with E-state index in [0.29, 0.717) is 5.92 Å². The summed E-state index contributed by atoms with van der Waals surface area (Å²) in [6.45, 7) is 6.77. The van der Waals surface area contributed by atoms with Gasteiger partial charge in [-0.15, -0.1) is 0 Å². The molecule has 2 aromatic rings. The zero-order valence-corrected chi connectivity index (χ0v) is 11.7. The molecule has 0 aliphatic rings. The largest absolute Gasteiger partial charge is 0.380 e. The molecule has 0 unspecified atom stereocenters. The van der Waals surface area contributed by atoms with Gasteiger partial charge in [-0.05, 0) is 23.8 Å². The fourth-order valence-electron chi connectivity index (χ4n) is 1.92. The molecule has 19 heavy (non-hydrogen) atoms. The Morgan fingerprint density at radius 2 is 2.00 bits per heavy atom. The Labute approximate surface area is 115 Å². The Bertz CT molecular complexity index is 506. The van der Waals surface area contributed by atoms with Gasteiger partial charge in [0.25, 0.3) is 0 Å². The number of rotatable bonds is 7. The second kappa shape index (κ2) is 7.10. The van der Waals surface area contributed by atoms with Crippen molar-refractivity contribution in [3.05, 3.63) is 36.5 Å². The van der Waals surface area contributed by atoms with E-state index in [1.807, 2.05) is 24.4 Å². The molecule has 2 rings (SSSR count). The molecule has 102 valence electrons. The number of pyridine rings is 1. The highest BCUT2D eigenvalue weighted by Crippen LogP contribution is 2.19. The Morgan fingerprint density at radius 1 is 1.16 bits per heavy atom. The predicted octanol–water partition coefficient (Wildman–Crippen LogP) is 3.71. The summed E-state index contributed by atoms with van der Waals surface area (Å²) in [5.41, 5.74) is 0. The molecule has 3 heteroatoms. The van der Waals surface area contributed by atoms with E-state index in [1.165, 1.54) is 5.39 Å². The average Bonchev–Trinajstić information content (AvgIpc) is 2.42. The Kier molecular flexibility index (Phi) is 5.16. The summed E-state index contributed by atoms with van der Waals surface area (Å²) in [6.07, 6.45) is 2.96. The van der Waals surface area contributed by atoms with Crippen LogP contribution < -0.4 is 5.32 Å². The summed E-state index contributed by atoms with van der Waals surface area (Å²) in [7, 11) is 0. The molecule has 3 nitrogen and oxygen atoms in total. The maximum atomic E-state index is 5.59. The summed E-state index contributed by atoms with van der Waals surface area (Å²) in [4.78, 5) is 4.39. The molecule has 0 fully saturated rings. The third-order valence-electron chi connectivity index (χ3n) is 3.05. The van der Waals surface area contributed by atoms with Crippen molar-refractivity contribution in [2.75, 3.05) is 25.1 Å². The molecular formula is C16H22N2O. The van der Waals surface area contributed by atoms with E-state index in [4.69, 9.17) is 4.74 Å². The fourth-order valence-corrected chi connectivity index (χ4v) is 1.92. The van der Waals surface area contributed by atoms with Crippen LogP contribution >= 0.6 is 0 Å². The Morgan fingerprint density at radius 3 is 2.84 bits per heavy atom. The van der Waals surface area contributed by atoms with Gasteiger partial charge in [0.2, 0.25) is 0 Å². The SMILES string of the molecule is CC(C)CCOCCNc1nccc2ccccc12. The monoisotopic (exact) mass is 258 g/mol. The number of benzene rings is 1. The summed E-state index contributed by atoms with van der Waals surface area (Å²) in [5.74, 6) is 1.64. The van der Waals surface area contributed by atoms with Crippen molar-refractivity contribution in [1.82, 2.24) is 4.98 Å². The van der Waals surface area contributed by atoms with Gasteiger partial charge in [-0.3, -0.25) is 0 Å². The van der Waals surface area contributed by atoms with E-state index in [-0.39, 0.29) is 0 Å². The normalized spacial score (nSPS) is 11.1. The molecule has 0 aliphatic heterocycles. The Hall–Kier alpha value is -1.61. The molecular weight excluding hydrogens is 236 g/mol. The number of hydrogen-bond donors (Lipinski definition) is 1.